The Morgan fingerprint density at radius 2 is 1.86 bits per heavy atom. The molecule has 2 fully saturated rings. The summed E-state index contributed by atoms with van der Waals surface area (Å²) in [7, 11) is 0. The molecule has 0 spiro atoms. The molecular formula is C22H22FN3O2S. The van der Waals surface area contributed by atoms with E-state index in [1.807, 2.05) is 24.3 Å². The van der Waals surface area contributed by atoms with E-state index in [1.165, 1.54) is 41.6 Å². The first kappa shape index (κ1) is 19.6. The van der Waals surface area contributed by atoms with E-state index in [-0.39, 0.29) is 30.1 Å². The molecule has 1 unspecified atom stereocenters. The van der Waals surface area contributed by atoms with E-state index in [1.54, 1.807) is 4.90 Å². The number of nitrogens with one attached hydrogen (secondary N) is 1. The third kappa shape index (κ3) is 4.67. The maximum atomic E-state index is 13.0. The van der Waals surface area contributed by atoms with Gasteiger partial charge in [0.2, 0.25) is 11.8 Å². The van der Waals surface area contributed by atoms with Crippen molar-refractivity contribution in [3.05, 3.63) is 59.9 Å². The molecule has 4 rings (SSSR count). The average molecular weight is 412 g/mol. The number of anilines is 1. The van der Waals surface area contributed by atoms with E-state index >= 15 is 0 Å². The van der Waals surface area contributed by atoms with Gasteiger partial charge >= 0.3 is 0 Å². The van der Waals surface area contributed by atoms with E-state index < -0.39 is 5.25 Å². The highest BCUT2D eigenvalue weighted by molar-refractivity contribution is 8.15. The van der Waals surface area contributed by atoms with Crippen molar-refractivity contribution in [3.8, 4) is 0 Å². The SMILES string of the molecule is CCc1ccc(N=C2SC(CC(=O)Nc3ccc(F)cc3)C(=O)N2C2CC2)cc1. The van der Waals surface area contributed by atoms with Crippen molar-refractivity contribution in [2.24, 2.45) is 4.99 Å². The molecule has 29 heavy (non-hydrogen) atoms. The molecule has 1 aliphatic carbocycles. The van der Waals surface area contributed by atoms with E-state index in [2.05, 4.69) is 17.2 Å². The van der Waals surface area contributed by atoms with Gasteiger partial charge in [0.25, 0.3) is 0 Å². The number of halogens is 1. The van der Waals surface area contributed by atoms with Crippen molar-refractivity contribution in [2.75, 3.05) is 5.32 Å². The quantitative estimate of drug-likeness (QED) is 0.761. The van der Waals surface area contributed by atoms with Crippen LogP contribution in [0.25, 0.3) is 0 Å². The van der Waals surface area contributed by atoms with Crippen LogP contribution in [0, 0.1) is 5.82 Å². The molecule has 5 nitrogen and oxygen atoms in total. The number of amides is 2. The van der Waals surface area contributed by atoms with Crippen molar-refractivity contribution in [2.45, 2.75) is 43.9 Å². The molecule has 2 amide bonds. The number of carbonyl (C=O) groups is 2. The second-order valence-corrected chi connectivity index (χ2v) is 8.39. The lowest BCUT2D eigenvalue weighted by Gasteiger charge is -2.15. The first-order valence-electron chi connectivity index (χ1n) is 9.76. The van der Waals surface area contributed by atoms with Gasteiger partial charge in [0, 0.05) is 18.2 Å². The summed E-state index contributed by atoms with van der Waals surface area (Å²) in [5.41, 5.74) is 2.55. The summed E-state index contributed by atoms with van der Waals surface area (Å²) >= 11 is 1.35. The number of carbonyl (C=O) groups excluding carboxylic acids is 2. The Bertz CT molecular complexity index is 940. The average Bonchev–Trinajstić information content (AvgIpc) is 3.50. The summed E-state index contributed by atoms with van der Waals surface area (Å²) in [4.78, 5) is 31.8. The lowest BCUT2D eigenvalue weighted by molar-refractivity contribution is -0.128. The fourth-order valence-corrected chi connectivity index (χ4v) is 4.41. The number of rotatable bonds is 6. The Hall–Kier alpha value is -2.67. The summed E-state index contributed by atoms with van der Waals surface area (Å²) in [6, 6.07) is 13.7. The summed E-state index contributed by atoms with van der Waals surface area (Å²) < 4.78 is 13.0. The predicted octanol–water partition coefficient (Wildman–Crippen LogP) is 4.51. The fraction of sp³-hybridized carbons (Fsp3) is 0.318. The third-order valence-corrected chi connectivity index (χ3v) is 6.10. The molecule has 0 aromatic heterocycles. The maximum Gasteiger partial charge on any atom is 0.242 e. The largest absolute Gasteiger partial charge is 0.326 e. The molecule has 0 bridgehead atoms. The number of amidine groups is 1. The minimum atomic E-state index is -0.496. The number of benzene rings is 2. The summed E-state index contributed by atoms with van der Waals surface area (Å²) in [5.74, 6) is -0.695. The van der Waals surface area contributed by atoms with Gasteiger partial charge in [-0.3, -0.25) is 14.5 Å². The molecule has 1 atom stereocenters. The first-order valence-corrected chi connectivity index (χ1v) is 10.6. The second kappa shape index (κ2) is 8.37. The van der Waals surface area contributed by atoms with Crippen LogP contribution in [0.15, 0.2) is 53.5 Å². The minimum Gasteiger partial charge on any atom is -0.326 e. The molecule has 1 heterocycles. The number of aryl methyl sites for hydroxylation is 1. The minimum absolute atomic E-state index is 0.0535. The van der Waals surface area contributed by atoms with Gasteiger partial charge in [0.1, 0.15) is 11.1 Å². The van der Waals surface area contributed by atoms with Crippen LogP contribution in [0.3, 0.4) is 0 Å². The predicted molar refractivity (Wildman–Crippen MR) is 114 cm³/mol. The van der Waals surface area contributed by atoms with Gasteiger partial charge in [-0.2, -0.15) is 0 Å². The molecule has 1 N–H and O–H groups in total. The Labute approximate surface area is 173 Å². The van der Waals surface area contributed by atoms with Gasteiger partial charge in [0.05, 0.1) is 5.69 Å². The molecule has 2 aromatic carbocycles. The number of hydrogen-bond acceptors (Lipinski definition) is 4. The number of nitrogens with zero attached hydrogens (tertiary/aromatic N) is 2. The number of hydrogen-bond donors (Lipinski definition) is 1. The monoisotopic (exact) mass is 411 g/mol. The Morgan fingerprint density at radius 3 is 2.48 bits per heavy atom. The van der Waals surface area contributed by atoms with Crippen molar-refractivity contribution in [1.29, 1.82) is 0 Å². The van der Waals surface area contributed by atoms with Crippen LogP contribution >= 0.6 is 11.8 Å². The van der Waals surface area contributed by atoms with Gasteiger partial charge in [-0.1, -0.05) is 30.8 Å². The fourth-order valence-electron chi connectivity index (χ4n) is 3.19. The van der Waals surface area contributed by atoms with Gasteiger partial charge < -0.3 is 5.32 Å². The molecule has 7 heteroatoms. The van der Waals surface area contributed by atoms with E-state index in [0.717, 1.165) is 24.9 Å². The zero-order chi connectivity index (χ0) is 20.4. The van der Waals surface area contributed by atoms with E-state index in [9.17, 15) is 14.0 Å². The summed E-state index contributed by atoms with van der Waals surface area (Å²) in [6.07, 6.45) is 2.95. The zero-order valence-corrected chi connectivity index (χ0v) is 16.9. The lowest BCUT2D eigenvalue weighted by atomic mass is 10.2. The van der Waals surface area contributed by atoms with Crippen LogP contribution in [-0.2, 0) is 16.0 Å². The molecule has 1 saturated heterocycles. The van der Waals surface area contributed by atoms with Gasteiger partial charge in [0.15, 0.2) is 5.17 Å². The van der Waals surface area contributed by atoms with Crippen molar-refractivity contribution < 1.29 is 14.0 Å². The van der Waals surface area contributed by atoms with Crippen molar-refractivity contribution >= 4 is 40.1 Å². The van der Waals surface area contributed by atoms with Crippen LogP contribution < -0.4 is 5.32 Å². The Morgan fingerprint density at radius 1 is 1.17 bits per heavy atom. The van der Waals surface area contributed by atoms with Crippen LogP contribution in [0.5, 0.6) is 0 Å². The second-order valence-electron chi connectivity index (χ2n) is 7.22. The number of thioether (sulfide) groups is 1. The maximum absolute atomic E-state index is 13.0. The standard InChI is InChI=1S/C22H22FN3O2S/c1-2-14-3-7-17(8-4-14)25-22-26(18-11-12-18)21(28)19(29-22)13-20(27)24-16-9-5-15(23)6-10-16/h3-10,18-19H,2,11-13H2,1H3,(H,24,27). The number of aliphatic imine (C=N–C) groups is 1. The lowest BCUT2D eigenvalue weighted by Crippen LogP contribution is -2.35. The van der Waals surface area contributed by atoms with Crippen LogP contribution in [0.4, 0.5) is 15.8 Å². The molecule has 1 saturated carbocycles. The topological polar surface area (TPSA) is 61.8 Å². The molecular weight excluding hydrogens is 389 g/mol. The molecule has 0 radical (unpaired) electrons. The van der Waals surface area contributed by atoms with Crippen LogP contribution in [0.2, 0.25) is 0 Å². The summed E-state index contributed by atoms with van der Waals surface area (Å²) in [6.45, 7) is 2.10. The molecule has 150 valence electrons. The van der Waals surface area contributed by atoms with Crippen molar-refractivity contribution in [1.82, 2.24) is 4.90 Å². The first-order chi connectivity index (χ1) is 14.0. The van der Waals surface area contributed by atoms with Crippen LogP contribution in [0.1, 0.15) is 31.7 Å². The van der Waals surface area contributed by atoms with Crippen LogP contribution in [-0.4, -0.2) is 33.2 Å². The highest BCUT2D eigenvalue weighted by atomic mass is 32.2. The van der Waals surface area contributed by atoms with E-state index in [4.69, 9.17) is 0 Å². The zero-order valence-electron chi connectivity index (χ0n) is 16.1. The van der Waals surface area contributed by atoms with Gasteiger partial charge in [-0.25, -0.2) is 9.38 Å². The third-order valence-electron chi connectivity index (χ3n) is 4.95. The summed E-state index contributed by atoms with van der Waals surface area (Å²) in [5, 5.41) is 2.90. The molecule has 1 aliphatic heterocycles. The van der Waals surface area contributed by atoms with Gasteiger partial charge in [-0.15, -0.1) is 0 Å². The smallest absolute Gasteiger partial charge is 0.242 e. The highest BCUT2D eigenvalue weighted by Crippen LogP contribution is 2.39. The van der Waals surface area contributed by atoms with Gasteiger partial charge in [-0.05, 0) is 61.2 Å². The highest BCUT2D eigenvalue weighted by Gasteiger charge is 2.46. The Balaban J connectivity index is 1.47. The normalized spacial score (nSPS) is 20.3. The molecule has 2 aliphatic rings. The van der Waals surface area contributed by atoms with E-state index in [0.29, 0.717) is 10.9 Å². The molecule has 2 aromatic rings. The Kier molecular flexibility index (Phi) is 5.67. The van der Waals surface area contributed by atoms with Crippen molar-refractivity contribution in [3.63, 3.8) is 0 Å².